The highest BCUT2D eigenvalue weighted by atomic mass is 32.2. The molecule has 0 bridgehead atoms. The third-order valence-corrected chi connectivity index (χ3v) is 6.95. The smallest absolute Gasteiger partial charge is 0.260 e. The Balaban J connectivity index is 1.59. The van der Waals surface area contributed by atoms with E-state index in [9.17, 15) is 22.0 Å². The van der Waals surface area contributed by atoms with Crippen LogP contribution in [0.2, 0.25) is 0 Å². The van der Waals surface area contributed by atoms with Gasteiger partial charge in [0, 0.05) is 26.2 Å². The van der Waals surface area contributed by atoms with Crippen LogP contribution >= 0.6 is 0 Å². The average Bonchev–Trinajstić information content (AvgIpc) is 2.72. The van der Waals surface area contributed by atoms with Crippen LogP contribution in [0, 0.1) is 11.6 Å². The fourth-order valence-corrected chi connectivity index (χ4v) is 4.77. The summed E-state index contributed by atoms with van der Waals surface area (Å²) in [6, 6.07) is 10.4. The van der Waals surface area contributed by atoms with Gasteiger partial charge >= 0.3 is 0 Å². The number of nitrogens with zero attached hydrogens (tertiary/aromatic N) is 2. The Kier molecular flexibility index (Phi) is 6.72. The lowest BCUT2D eigenvalue weighted by Gasteiger charge is -2.34. The van der Waals surface area contributed by atoms with Gasteiger partial charge in [0.2, 0.25) is 10.0 Å². The Labute approximate surface area is 175 Å². The highest BCUT2D eigenvalue weighted by molar-refractivity contribution is 7.89. The number of carbonyl (C=O) groups excluding carboxylic acids is 1. The van der Waals surface area contributed by atoms with Gasteiger partial charge in [0.05, 0.1) is 0 Å². The first-order valence-electron chi connectivity index (χ1n) is 9.65. The number of benzene rings is 2. The average molecular weight is 438 g/mol. The number of rotatable bonds is 6. The molecule has 1 fully saturated rings. The van der Waals surface area contributed by atoms with E-state index in [0.29, 0.717) is 11.7 Å². The number of halogens is 2. The summed E-state index contributed by atoms with van der Waals surface area (Å²) in [7, 11) is -4.33. The van der Waals surface area contributed by atoms with Crippen LogP contribution in [-0.4, -0.2) is 56.3 Å². The number of ether oxygens (including phenoxy) is 1. The van der Waals surface area contributed by atoms with Gasteiger partial charge in [-0.15, -0.1) is 0 Å². The number of carbonyl (C=O) groups is 1. The summed E-state index contributed by atoms with van der Waals surface area (Å²) in [5, 5.41) is 0. The first-order chi connectivity index (χ1) is 14.2. The number of hydrogen-bond acceptors (Lipinski definition) is 4. The highest BCUT2D eigenvalue weighted by Crippen LogP contribution is 2.24. The van der Waals surface area contributed by atoms with E-state index in [-0.39, 0.29) is 38.7 Å². The Hall–Kier alpha value is -2.52. The van der Waals surface area contributed by atoms with E-state index in [1.165, 1.54) is 4.90 Å². The summed E-state index contributed by atoms with van der Waals surface area (Å²) in [4.78, 5) is 13.0. The van der Waals surface area contributed by atoms with Gasteiger partial charge in [0.15, 0.2) is 11.5 Å². The molecule has 0 N–H and O–H groups in total. The van der Waals surface area contributed by atoms with Crippen molar-refractivity contribution in [2.45, 2.75) is 24.7 Å². The van der Waals surface area contributed by atoms with Crippen molar-refractivity contribution in [3.63, 3.8) is 0 Å². The summed E-state index contributed by atoms with van der Waals surface area (Å²) < 4.78 is 59.7. The van der Waals surface area contributed by atoms with Crippen LogP contribution in [0.5, 0.6) is 5.75 Å². The second-order valence-corrected chi connectivity index (χ2v) is 9.23. The minimum Gasteiger partial charge on any atom is -0.484 e. The Morgan fingerprint density at radius 2 is 1.63 bits per heavy atom. The molecule has 6 nitrogen and oxygen atoms in total. The normalized spacial score (nSPS) is 15.4. The van der Waals surface area contributed by atoms with Gasteiger partial charge in [0.25, 0.3) is 5.91 Å². The minimum absolute atomic E-state index is 0.0509. The molecule has 162 valence electrons. The van der Waals surface area contributed by atoms with Crippen molar-refractivity contribution in [1.82, 2.24) is 9.21 Å². The zero-order valence-electron chi connectivity index (χ0n) is 16.8. The molecule has 0 unspecified atom stereocenters. The van der Waals surface area contributed by atoms with E-state index in [2.05, 4.69) is 13.8 Å². The molecule has 2 aromatic rings. The first-order valence-corrected chi connectivity index (χ1v) is 11.1. The van der Waals surface area contributed by atoms with E-state index in [0.717, 1.165) is 28.1 Å². The summed E-state index contributed by atoms with van der Waals surface area (Å²) in [6.07, 6.45) is 0. The topological polar surface area (TPSA) is 66.9 Å². The number of piperazine rings is 1. The number of sulfonamides is 1. The Morgan fingerprint density at radius 3 is 2.23 bits per heavy atom. The first kappa shape index (κ1) is 22.2. The molecule has 0 spiro atoms. The number of hydrogen-bond donors (Lipinski definition) is 0. The molecule has 9 heteroatoms. The molecule has 0 saturated carbocycles. The van der Waals surface area contributed by atoms with Crippen molar-refractivity contribution >= 4 is 15.9 Å². The van der Waals surface area contributed by atoms with E-state index >= 15 is 0 Å². The molecule has 30 heavy (non-hydrogen) atoms. The third kappa shape index (κ3) is 4.79. The molecule has 0 atom stereocenters. The lowest BCUT2D eigenvalue weighted by molar-refractivity contribution is -0.134. The molecule has 0 aliphatic carbocycles. The van der Waals surface area contributed by atoms with Crippen LogP contribution < -0.4 is 4.74 Å². The second kappa shape index (κ2) is 9.09. The van der Waals surface area contributed by atoms with Gasteiger partial charge in [0.1, 0.15) is 17.4 Å². The van der Waals surface area contributed by atoms with Gasteiger partial charge < -0.3 is 9.64 Å². The minimum atomic E-state index is -4.33. The molecule has 1 aliphatic heterocycles. The lowest BCUT2D eigenvalue weighted by atomic mass is 10.0. The molecule has 1 aliphatic rings. The molecular weight excluding hydrogens is 414 g/mol. The van der Waals surface area contributed by atoms with E-state index in [1.807, 2.05) is 18.2 Å². The molecule has 2 aromatic carbocycles. The van der Waals surface area contributed by atoms with E-state index in [4.69, 9.17) is 4.74 Å². The zero-order valence-corrected chi connectivity index (χ0v) is 17.7. The van der Waals surface area contributed by atoms with Crippen molar-refractivity contribution in [2.75, 3.05) is 32.8 Å². The Morgan fingerprint density at radius 1 is 1.03 bits per heavy atom. The van der Waals surface area contributed by atoms with Crippen LogP contribution in [0.4, 0.5) is 8.78 Å². The molecule has 1 saturated heterocycles. The number of amides is 1. The van der Waals surface area contributed by atoms with Crippen LogP contribution in [0.3, 0.4) is 0 Å². The summed E-state index contributed by atoms with van der Waals surface area (Å²) in [5.41, 5.74) is 1.10. The van der Waals surface area contributed by atoms with Crippen molar-refractivity contribution in [3.05, 3.63) is 59.7 Å². The maximum Gasteiger partial charge on any atom is 0.260 e. The van der Waals surface area contributed by atoms with Crippen molar-refractivity contribution in [3.8, 4) is 5.75 Å². The van der Waals surface area contributed by atoms with Crippen molar-refractivity contribution in [1.29, 1.82) is 0 Å². The standard InChI is InChI=1S/C21H24F2N2O4S/c1-15(2)16-5-3-6-17(13-16)29-14-20(26)24-9-11-25(12-10-24)30(27,28)21-18(22)7-4-8-19(21)23/h3-8,13,15H,9-12,14H2,1-2H3. The summed E-state index contributed by atoms with van der Waals surface area (Å²) in [5.74, 6) is -1.63. The predicted molar refractivity (Wildman–Crippen MR) is 108 cm³/mol. The molecule has 0 aromatic heterocycles. The quantitative estimate of drug-likeness (QED) is 0.696. The third-order valence-electron chi connectivity index (χ3n) is 5.00. The molecule has 0 radical (unpaired) electrons. The second-order valence-electron chi connectivity index (χ2n) is 7.35. The SMILES string of the molecule is CC(C)c1cccc(OCC(=O)N2CCN(S(=O)(=O)c3c(F)cccc3F)CC2)c1. The fourth-order valence-electron chi connectivity index (χ4n) is 3.24. The summed E-state index contributed by atoms with van der Waals surface area (Å²) in [6.45, 7) is 4.08. The monoisotopic (exact) mass is 438 g/mol. The van der Waals surface area contributed by atoms with Gasteiger partial charge in [-0.2, -0.15) is 4.31 Å². The van der Waals surface area contributed by atoms with Crippen LogP contribution in [-0.2, 0) is 14.8 Å². The van der Waals surface area contributed by atoms with Crippen LogP contribution in [0.25, 0.3) is 0 Å². The molecular formula is C21H24F2N2O4S. The van der Waals surface area contributed by atoms with Gasteiger partial charge in [-0.1, -0.05) is 32.0 Å². The van der Waals surface area contributed by atoms with Crippen LogP contribution in [0.15, 0.2) is 47.4 Å². The fraction of sp³-hybridized carbons (Fsp3) is 0.381. The van der Waals surface area contributed by atoms with Gasteiger partial charge in [-0.3, -0.25) is 4.79 Å². The van der Waals surface area contributed by atoms with Gasteiger partial charge in [-0.05, 0) is 35.7 Å². The Bertz CT molecular complexity index is 999. The highest BCUT2D eigenvalue weighted by Gasteiger charge is 2.34. The molecule has 1 heterocycles. The molecule has 3 rings (SSSR count). The van der Waals surface area contributed by atoms with Crippen molar-refractivity contribution in [2.24, 2.45) is 0 Å². The van der Waals surface area contributed by atoms with Gasteiger partial charge in [-0.25, -0.2) is 17.2 Å². The van der Waals surface area contributed by atoms with E-state index < -0.39 is 26.6 Å². The van der Waals surface area contributed by atoms with Crippen LogP contribution in [0.1, 0.15) is 25.3 Å². The van der Waals surface area contributed by atoms with Crippen molar-refractivity contribution < 1.29 is 26.7 Å². The predicted octanol–water partition coefficient (Wildman–Crippen LogP) is 3.00. The largest absolute Gasteiger partial charge is 0.484 e. The maximum absolute atomic E-state index is 13.9. The van der Waals surface area contributed by atoms with E-state index in [1.54, 1.807) is 6.07 Å². The maximum atomic E-state index is 13.9. The zero-order chi connectivity index (χ0) is 21.9. The lowest BCUT2D eigenvalue weighted by Crippen LogP contribution is -2.51. The summed E-state index contributed by atoms with van der Waals surface area (Å²) >= 11 is 0. The molecule has 1 amide bonds.